The lowest BCUT2D eigenvalue weighted by molar-refractivity contribution is -0.147. The van der Waals surface area contributed by atoms with Crippen LogP contribution in [-0.2, 0) is 6.54 Å². The molecule has 0 saturated heterocycles. The summed E-state index contributed by atoms with van der Waals surface area (Å²) in [5.41, 5.74) is 6.34. The number of methoxy groups -OCH3 is 1. The summed E-state index contributed by atoms with van der Waals surface area (Å²) in [5.74, 6) is 0.150. The van der Waals surface area contributed by atoms with Gasteiger partial charge in [-0.25, -0.2) is 0 Å². The van der Waals surface area contributed by atoms with Gasteiger partial charge in [0.25, 0.3) is 0 Å². The minimum atomic E-state index is -4.33. The second kappa shape index (κ2) is 7.28. The number of nitrogens with two attached hydrogens (primary N) is 1. The maximum absolute atomic E-state index is 12.5. The van der Waals surface area contributed by atoms with Crippen LogP contribution in [0.2, 0.25) is 0 Å². The largest absolute Gasteiger partial charge is 0.496 e. The first-order valence-corrected chi connectivity index (χ1v) is 6.18. The predicted molar refractivity (Wildman–Crippen MR) is 72.4 cm³/mol. The molecule has 0 atom stereocenters. The van der Waals surface area contributed by atoms with Crippen LogP contribution in [0.3, 0.4) is 0 Å². The molecule has 0 aliphatic rings. The van der Waals surface area contributed by atoms with E-state index in [-0.39, 0.29) is 25.5 Å². The van der Waals surface area contributed by atoms with Crippen LogP contribution in [0, 0.1) is 5.41 Å². The molecule has 0 aliphatic carbocycles. The minimum absolute atomic E-state index is 0.00855. The Hall–Kier alpha value is -1.80. The quantitative estimate of drug-likeness (QED) is 0.524. The number of nitrogens with one attached hydrogen (secondary N) is 1. The van der Waals surface area contributed by atoms with Gasteiger partial charge >= 0.3 is 6.18 Å². The van der Waals surface area contributed by atoms with Crippen molar-refractivity contribution < 1.29 is 23.0 Å². The fourth-order valence-electron chi connectivity index (χ4n) is 1.92. The van der Waals surface area contributed by atoms with Gasteiger partial charge in [-0.3, -0.25) is 10.3 Å². The van der Waals surface area contributed by atoms with E-state index in [4.69, 9.17) is 21.0 Å². The number of hydrogen-bond donors (Lipinski definition) is 3. The summed E-state index contributed by atoms with van der Waals surface area (Å²) in [6, 6.07) is 4.65. The molecule has 5 nitrogen and oxygen atoms in total. The summed E-state index contributed by atoms with van der Waals surface area (Å²) < 4.78 is 42.4. The third-order valence-electron chi connectivity index (χ3n) is 2.78. The highest BCUT2D eigenvalue weighted by atomic mass is 19.4. The molecule has 0 spiro atoms. The lowest BCUT2D eigenvalue weighted by atomic mass is 10.1. The van der Waals surface area contributed by atoms with E-state index < -0.39 is 12.7 Å². The highest BCUT2D eigenvalue weighted by Gasteiger charge is 2.30. The van der Waals surface area contributed by atoms with Crippen molar-refractivity contribution in [2.75, 3.05) is 26.8 Å². The Bertz CT molecular complexity index is 492. The summed E-state index contributed by atoms with van der Waals surface area (Å²) in [5, 5.41) is 16.2. The number of rotatable bonds is 7. The van der Waals surface area contributed by atoms with Crippen molar-refractivity contribution in [1.82, 2.24) is 4.90 Å². The van der Waals surface area contributed by atoms with Gasteiger partial charge in [-0.15, -0.1) is 0 Å². The second-order valence-electron chi connectivity index (χ2n) is 4.50. The molecule has 0 heterocycles. The van der Waals surface area contributed by atoms with Crippen molar-refractivity contribution in [3.8, 4) is 5.75 Å². The van der Waals surface area contributed by atoms with Crippen LogP contribution in [0.5, 0.6) is 5.75 Å². The molecule has 0 bridgehead atoms. The molecule has 0 aliphatic heterocycles. The molecular formula is C13H18F3N3O2. The fraction of sp³-hybridized carbons (Fsp3) is 0.462. The number of alkyl halides is 3. The average molecular weight is 305 g/mol. The molecular weight excluding hydrogens is 287 g/mol. The summed E-state index contributed by atoms with van der Waals surface area (Å²) in [6.45, 7) is -1.55. The van der Waals surface area contributed by atoms with Gasteiger partial charge in [-0.2, -0.15) is 13.2 Å². The number of hydrogen-bond acceptors (Lipinski definition) is 4. The van der Waals surface area contributed by atoms with Crippen molar-refractivity contribution >= 4 is 5.84 Å². The molecule has 0 fully saturated rings. The van der Waals surface area contributed by atoms with Gasteiger partial charge in [-0.1, -0.05) is 6.07 Å². The van der Waals surface area contributed by atoms with Crippen LogP contribution in [0.1, 0.15) is 11.1 Å². The third-order valence-corrected chi connectivity index (χ3v) is 2.78. The maximum atomic E-state index is 12.5. The SMILES string of the molecule is COc1cc(CN(CCO)CC(F)(F)F)ccc1C(=N)N. The standard InChI is InChI=1S/C13H18F3N3O2/c1-21-11-6-9(2-3-10(11)12(17)18)7-19(4-5-20)8-13(14,15)16/h2-3,6,20H,4-5,7-8H2,1H3,(H3,17,18). The van der Waals surface area contributed by atoms with Crippen LogP contribution >= 0.6 is 0 Å². The zero-order chi connectivity index (χ0) is 16.0. The number of nitrogens with zero attached hydrogens (tertiary/aromatic N) is 1. The molecule has 0 radical (unpaired) electrons. The Morgan fingerprint density at radius 2 is 2.10 bits per heavy atom. The summed E-state index contributed by atoms with van der Waals surface area (Å²) >= 11 is 0. The van der Waals surface area contributed by atoms with E-state index in [1.54, 1.807) is 6.07 Å². The van der Waals surface area contributed by atoms with E-state index in [0.717, 1.165) is 4.90 Å². The van der Waals surface area contributed by atoms with E-state index in [9.17, 15) is 13.2 Å². The van der Waals surface area contributed by atoms with Crippen molar-refractivity contribution in [3.05, 3.63) is 29.3 Å². The molecule has 0 aromatic heterocycles. The van der Waals surface area contributed by atoms with Gasteiger partial charge in [0.1, 0.15) is 11.6 Å². The van der Waals surface area contributed by atoms with Gasteiger partial charge < -0.3 is 15.6 Å². The number of ether oxygens (including phenoxy) is 1. The Balaban J connectivity index is 2.91. The first kappa shape index (κ1) is 17.3. The number of nitrogen functional groups attached to an aromatic ring is 1. The summed E-state index contributed by atoms with van der Waals surface area (Å²) in [6.07, 6.45) is -4.33. The van der Waals surface area contributed by atoms with Crippen molar-refractivity contribution in [2.45, 2.75) is 12.7 Å². The molecule has 8 heteroatoms. The minimum Gasteiger partial charge on any atom is -0.496 e. The summed E-state index contributed by atoms with van der Waals surface area (Å²) in [4.78, 5) is 1.09. The first-order valence-electron chi connectivity index (χ1n) is 6.18. The molecule has 4 N–H and O–H groups in total. The monoisotopic (exact) mass is 305 g/mol. The van der Waals surface area contributed by atoms with Gasteiger partial charge in [0.05, 0.1) is 25.8 Å². The van der Waals surface area contributed by atoms with Crippen LogP contribution in [0.15, 0.2) is 18.2 Å². The molecule has 118 valence electrons. The van der Waals surface area contributed by atoms with Crippen LogP contribution < -0.4 is 10.5 Å². The topological polar surface area (TPSA) is 82.6 Å². The zero-order valence-corrected chi connectivity index (χ0v) is 11.6. The van der Waals surface area contributed by atoms with Crippen LogP contribution in [0.25, 0.3) is 0 Å². The Labute approximate surface area is 120 Å². The zero-order valence-electron chi connectivity index (χ0n) is 11.6. The summed E-state index contributed by atoms with van der Waals surface area (Å²) in [7, 11) is 1.40. The number of halogens is 3. The third kappa shape index (κ3) is 5.60. The predicted octanol–water partition coefficient (Wildman–Crippen LogP) is 1.34. The number of aliphatic hydroxyl groups is 1. The number of aliphatic hydroxyl groups excluding tert-OH is 1. The van der Waals surface area contributed by atoms with Crippen LogP contribution in [0.4, 0.5) is 13.2 Å². The molecule has 0 saturated carbocycles. The van der Waals surface area contributed by atoms with Crippen LogP contribution in [-0.4, -0.2) is 48.8 Å². The molecule has 1 aromatic rings. The Morgan fingerprint density at radius 1 is 1.43 bits per heavy atom. The van der Waals surface area contributed by atoms with Gasteiger partial charge in [0, 0.05) is 13.1 Å². The normalized spacial score (nSPS) is 11.7. The smallest absolute Gasteiger partial charge is 0.401 e. The highest BCUT2D eigenvalue weighted by molar-refractivity contribution is 5.97. The van der Waals surface area contributed by atoms with Gasteiger partial charge in [0.2, 0.25) is 0 Å². The molecule has 1 rings (SSSR count). The number of benzene rings is 1. The lowest BCUT2D eigenvalue weighted by Crippen LogP contribution is -2.35. The lowest BCUT2D eigenvalue weighted by Gasteiger charge is -2.23. The van der Waals surface area contributed by atoms with E-state index in [1.165, 1.54) is 19.2 Å². The number of amidine groups is 1. The van der Waals surface area contributed by atoms with E-state index >= 15 is 0 Å². The second-order valence-corrected chi connectivity index (χ2v) is 4.50. The van der Waals surface area contributed by atoms with E-state index in [0.29, 0.717) is 16.9 Å². The maximum Gasteiger partial charge on any atom is 0.401 e. The van der Waals surface area contributed by atoms with E-state index in [1.807, 2.05) is 0 Å². The molecule has 0 unspecified atom stereocenters. The van der Waals surface area contributed by atoms with Crippen molar-refractivity contribution in [1.29, 1.82) is 5.41 Å². The van der Waals surface area contributed by atoms with Gasteiger partial charge in [-0.05, 0) is 17.7 Å². The average Bonchev–Trinajstić information content (AvgIpc) is 2.36. The highest BCUT2D eigenvalue weighted by Crippen LogP contribution is 2.22. The Kier molecular flexibility index (Phi) is 5.98. The molecule has 21 heavy (non-hydrogen) atoms. The van der Waals surface area contributed by atoms with Crippen molar-refractivity contribution in [2.24, 2.45) is 5.73 Å². The van der Waals surface area contributed by atoms with E-state index in [2.05, 4.69) is 0 Å². The molecule has 0 amide bonds. The first-order chi connectivity index (χ1) is 9.76. The van der Waals surface area contributed by atoms with Gasteiger partial charge in [0.15, 0.2) is 0 Å². The van der Waals surface area contributed by atoms with Crippen molar-refractivity contribution in [3.63, 3.8) is 0 Å². The Morgan fingerprint density at radius 3 is 2.57 bits per heavy atom. The molecule has 1 aromatic carbocycles. The fourth-order valence-corrected chi connectivity index (χ4v) is 1.92.